The molecule has 3 N–H and O–H groups in total. The third-order valence-electron chi connectivity index (χ3n) is 3.73. The molecule has 0 saturated carbocycles. The van der Waals surface area contributed by atoms with E-state index in [4.69, 9.17) is 26.8 Å². The van der Waals surface area contributed by atoms with Crippen LogP contribution in [0.3, 0.4) is 0 Å². The van der Waals surface area contributed by atoms with Crippen LogP contribution in [0.5, 0.6) is 5.75 Å². The molecule has 1 heterocycles. The smallest absolute Gasteiger partial charge is 0.188 e. The average Bonchev–Trinajstić information content (AvgIpc) is 2.58. The van der Waals surface area contributed by atoms with Crippen LogP contribution in [-0.2, 0) is 11.3 Å². The number of rotatable bonds is 7. The Kier molecular flexibility index (Phi) is 7.45. The predicted molar refractivity (Wildman–Crippen MR) is 93.2 cm³/mol. The number of nitrogens with two attached hydrogens (primary N) is 1. The van der Waals surface area contributed by atoms with Crippen molar-refractivity contribution < 1.29 is 9.47 Å². The van der Waals surface area contributed by atoms with Gasteiger partial charge in [0.05, 0.1) is 26.9 Å². The van der Waals surface area contributed by atoms with Crippen molar-refractivity contribution in [1.29, 1.82) is 0 Å². The Morgan fingerprint density at radius 3 is 2.96 bits per heavy atom. The summed E-state index contributed by atoms with van der Waals surface area (Å²) in [6.07, 6.45) is 1.03. The first-order valence-electron chi connectivity index (χ1n) is 7.85. The maximum Gasteiger partial charge on any atom is 0.188 e. The summed E-state index contributed by atoms with van der Waals surface area (Å²) in [5, 5.41) is 3.79. The van der Waals surface area contributed by atoms with E-state index in [1.54, 1.807) is 13.2 Å². The number of benzene rings is 1. The fourth-order valence-electron chi connectivity index (χ4n) is 2.42. The van der Waals surface area contributed by atoms with E-state index in [0.717, 1.165) is 57.1 Å². The molecule has 0 spiro atoms. The van der Waals surface area contributed by atoms with Gasteiger partial charge in [-0.25, -0.2) is 4.99 Å². The van der Waals surface area contributed by atoms with Gasteiger partial charge in [0.1, 0.15) is 5.75 Å². The number of nitrogens with one attached hydrogen (secondary N) is 1. The minimum Gasteiger partial charge on any atom is -0.496 e. The quantitative estimate of drug-likeness (QED) is 0.447. The first kappa shape index (κ1) is 17.8. The van der Waals surface area contributed by atoms with Crippen molar-refractivity contribution in [2.45, 2.75) is 13.0 Å². The lowest BCUT2D eigenvalue weighted by Crippen LogP contribution is -2.39. The third-order valence-corrected chi connectivity index (χ3v) is 3.96. The Morgan fingerprint density at radius 1 is 1.43 bits per heavy atom. The van der Waals surface area contributed by atoms with Crippen LogP contribution in [-0.4, -0.2) is 57.4 Å². The summed E-state index contributed by atoms with van der Waals surface area (Å²) >= 11 is 5.94. The van der Waals surface area contributed by atoms with Crippen LogP contribution in [0.25, 0.3) is 0 Å². The van der Waals surface area contributed by atoms with E-state index >= 15 is 0 Å². The molecule has 1 aromatic carbocycles. The van der Waals surface area contributed by atoms with Crippen LogP contribution in [0.1, 0.15) is 12.0 Å². The second-order valence-corrected chi connectivity index (χ2v) is 5.83. The first-order valence-corrected chi connectivity index (χ1v) is 8.23. The Hall–Kier alpha value is -1.50. The number of aliphatic imine (C=N–C) groups is 1. The van der Waals surface area contributed by atoms with Crippen LogP contribution in [0.4, 0.5) is 0 Å². The highest BCUT2D eigenvalue weighted by atomic mass is 35.5. The molecular formula is C16H25ClN4O2. The maximum atomic E-state index is 5.94. The van der Waals surface area contributed by atoms with Crippen molar-refractivity contribution in [1.82, 2.24) is 10.2 Å². The molecule has 0 aliphatic carbocycles. The Labute approximate surface area is 142 Å². The molecule has 1 aliphatic rings. The highest BCUT2D eigenvalue weighted by Gasteiger charge is 2.09. The topological polar surface area (TPSA) is 72.1 Å². The van der Waals surface area contributed by atoms with Gasteiger partial charge in [-0.3, -0.25) is 4.90 Å². The van der Waals surface area contributed by atoms with Gasteiger partial charge in [-0.05, 0) is 25.1 Å². The van der Waals surface area contributed by atoms with Gasteiger partial charge in [0.25, 0.3) is 0 Å². The molecule has 0 atom stereocenters. The Balaban J connectivity index is 1.70. The van der Waals surface area contributed by atoms with E-state index in [1.165, 1.54) is 0 Å². The lowest BCUT2D eigenvalue weighted by Gasteiger charge is -2.26. The Morgan fingerprint density at radius 2 is 2.22 bits per heavy atom. The molecule has 0 aromatic heterocycles. The number of ether oxygens (including phenoxy) is 2. The standard InChI is InChI=1S/C16H25ClN4O2/c1-22-15-11-14(17)4-3-13(15)12-20-16(18)19-5-2-6-21-7-9-23-10-8-21/h3-4,11H,2,5-10,12H2,1H3,(H3,18,19,20). The maximum absolute atomic E-state index is 5.94. The SMILES string of the molecule is COc1cc(Cl)ccc1CN=C(N)NCCCN1CCOCC1. The van der Waals surface area contributed by atoms with Gasteiger partial charge in [0.2, 0.25) is 0 Å². The molecule has 6 nitrogen and oxygen atoms in total. The summed E-state index contributed by atoms with van der Waals surface area (Å²) < 4.78 is 10.6. The molecule has 23 heavy (non-hydrogen) atoms. The summed E-state index contributed by atoms with van der Waals surface area (Å²) in [6, 6.07) is 5.50. The van der Waals surface area contributed by atoms with Gasteiger partial charge in [-0.2, -0.15) is 0 Å². The highest BCUT2D eigenvalue weighted by Crippen LogP contribution is 2.23. The van der Waals surface area contributed by atoms with Crippen molar-refractivity contribution in [3.63, 3.8) is 0 Å². The molecule has 7 heteroatoms. The Bertz CT molecular complexity index is 519. The molecule has 0 radical (unpaired) electrons. The monoisotopic (exact) mass is 340 g/mol. The van der Waals surface area contributed by atoms with Crippen molar-refractivity contribution in [3.8, 4) is 5.75 Å². The lowest BCUT2D eigenvalue weighted by atomic mass is 10.2. The summed E-state index contributed by atoms with van der Waals surface area (Å²) in [4.78, 5) is 6.74. The minimum atomic E-state index is 0.448. The molecule has 1 fully saturated rings. The number of nitrogens with zero attached hydrogens (tertiary/aromatic N) is 2. The average molecular weight is 341 g/mol. The lowest BCUT2D eigenvalue weighted by molar-refractivity contribution is 0.0376. The van der Waals surface area contributed by atoms with Crippen molar-refractivity contribution in [2.24, 2.45) is 10.7 Å². The molecule has 0 unspecified atom stereocenters. The fourth-order valence-corrected chi connectivity index (χ4v) is 2.58. The second kappa shape index (κ2) is 9.60. The zero-order valence-electron chi connectivity index (χ0n) is 13.6. The van der Waals surface area contributed by atoms with E-state index in [-0.39, 0.29) is 0 Å². The van der Waals surface area contributed by atoms with Crippen molar-refractivity contribution in [3.05, 3.63) is 28.8 Å². The van der Waals surface area contributed by atoms with Gasteiger partial charge >= 0.3 is 0 Å². The van der Waals surface area contributed by atoms with Crippen molar-refractivity contribution in [2.75, 3.05) is 46.5 Å². The molecule has 0 amide bonds. The number of morpholine rings is 1. The third kappa shape index (κ3) is 6.25. The normalized spacial score (nSPS) is 16.3. The number of hydrogen-bond acceptors (Lipinski definition) is 4. The van der Waals surface area contributed by atoms with Crippen molar-refractivity contribution >= 4 is 17.6 Å². The van der Waals surface area contributed by atoms with E-state index in [0.29, 0.717) is 17.5 Å². The van der Waals surface area contributed by atoms with Crippen LogP contribution < -0.4 is 15.8 Å². The van der Waals surface area contributed by atoms with Gasteiger partial charge < -0.3 is 20.5 Å². The highest BCUT2D eigenvalue weighted by molar-refractivity contribution is 6.30. The molecule has 128 valence electrons. The molecule has 1 aliphatic heterocycles. The summed E-state index contributed by atoms with van der Waals surface area (Å²) in [5.74, 6) is 1.17. The number of hydrogen-bond donors (Lipinski definition) is 2. The van der Waals surface area contributed by atoms with Gasteiger partial charge in [-0.15, -0.1) is 0 Å². The molecule has 2 rings (SSSR count). The number of guanidine groups is 1. The van der Waals surface area contributed by atoms with E-state index < -0.39 is 0 Å². The van der Waals surface area contributed by atoms with Crippen LogP contribution >= 0.6 is 11.6 Å². The zero-order valence-corrected chi connectivity index (χ0v) is 14.3. The fraction of sp³-hybridized carbons (Fsp3) is 0.562. The molecular weight excluding hydrogens is 316 g/mol. The first-order chi connectivity index (χ1) is 11.2. The van der Waals surface area contributed by atoms with E-state index in [9.17, 15) is 0 Å². The predicted octanol–water partition coefficient (Wildman–Crippen LogP) is 1.48. The van der Waals surface area contributed by atoms with Gasteiger partial charge in [-0.1, -0.05) is 17.7 Å². The summed E-state index contributed by atoms with van der Waals surface area (Å²) in [7, 11) is 1.62. The number of methoxy groups -OCH3 is 1. The van der Waals surface area contributed by atoms with Crippen LogP contribution in [0.2, 0.25) is 5.02 Å². The molecule has 1 aromatic rings. The van der Waals surface area contributed by atoms with E-state index in [1.807, 2.05) is 12.1 Å². The summed E-state index contributed by atoms with van der Waals surface area (Å²) in [5.41, 5.74) is 6.85. The summed E-state index contributed by atoms with van der Waals surface area (Å²) in [6.45, 7) is 6.02. The minimum absolute atomic E-state index is 0.448. The van der Waals surface area contributed by atoms with Gasteiger partial charge in [0.15, 0.2) is 5.96 Å². The largest absolute Gasteiger partial charge is 0.496 e. The number of halogens is 1. The second-order valence-electron chi connectivity index (χ2n) is 5.39. The molecule has 1 saturated heterocycles. The zero-order chi connectivity index (χ0) is 16.5. The molecule has 0 bridgehead atoms. The van der Waals surface area contributed by atoms with Crippen LogP contribution in [0, 0.1) is 0 Å². The van der Waals surface area contributed by atoms with Crippen LogP contribution in [0.15, 0.2) is 23.2 Å². The van der Waals surface area contributed by atoms with Gasteiger partial charge in [0, 0.05) is 30.2 Å². The van der Waals surface area contributed by atoms with E-state index in [2.05, 4.69) is 15.2 Å².